The third-order valence-corrected chi connectivity index (χ3v) is 5.51. The van der Waals surface area contributed by atoms with Gasteiger partial charge in [-0.3, -0.25) is 14.4 Å². The number of hydrogen-bond acceptors (Lipinski definition) is 4. The third kappa shape index (κ3) is 4.05. The van der Waals surface area contributed by atoms with Crippen molar-refractivity contribution in [2.45, 2.75) is 38.0 Å². The molecule has 0 unspecified atom stereocenters. The molecule has 152 valence electrons. The number of halogens is 4. The molecule has 2 aliphatic rings. The molecule has 4 rings (SSSR count). The van der Waals surface area contributed by atoms with Gasteiger partial charge >= 0.3 is 6.18 Å². The number of carbonyl (C=O) groups is 1. The summed E-state index contributed by atoms with van der Waals surface area (Å²) in [6.07, 6.45) is -1.48. The van der Waals surface area contributed by atoms with Crippen LogP contribution in [0.3, 0.4) is 0 Å². The Bertz CT molecular complexity index is 838. The molecule has 0 aromatic carbocycles. The van der Waals surface area contributed by atoms with Crippen LogP contribution in [-0.2, 0) is 24.1 Å². The molecule has 1 aliphatic heterocycles. The molecule has 1 saturated carbocycles. The minimum absolute atomic E-state index is 0.0472. The summed E-state index contributed by atoms with van der Waals surface area (Å²) >= 11 is 5.96. The molecule has 0 radical (unpaired) electrons. The van der Waals surface area contributed by atoms with Crippen molar-refractivity contribution in [3.05, 3.63) is 40.6 Å². The summed E-state index contributed by atoms with van der Waals surface area (Å²) in [5.74, 6) is 0.571. The number of rotatable bonds is 5. The van der Waals surface area contributed by atoms with E-state index in [1.165, 1.54) is 0 Å². The van der Waals surface area contributed by atoms with Crippen LogP contribution in [0.2, 0.25) is 5.02 Å². The van der Waals surface area contributed by atoms with Crippen molar-refractivity contribution in [1.82, 2.24) is 19.6 Å². The van der Waals surface area contributed by atoms with Crippen molar-refractivity contribution in [2.24, 2.45) is 0 Å². The molecular formula is C18H20ClF3N4O2. The van der Waals surface area contributed by atoms with E-state index in [-0.39, 0.29) is 23.4 Å². The molecule has 0 bridgehead atoms. The largest absolute Gasteiger partial charge is 0.468 e. The highest BCUT2D eigenvalue weighted by molar-refractivity contribution is 6.32. The maximum absolute atomic E-state index is 13.1. The van der Waals surface area contributed by atoms with Gasteiger partial charge in [-0.1, -0.05) is 11.6 Å². The number of aromatic nitrogens is 2. The lowest BCUT2D eigenvalue weighted by Gasteiger charge is -2.34. The maximum atomic E-state index is 13.1. The lowest BCUT2D eigenvalue weighted by molar-refractivity contribution is -0.142. The van der Waals surface area contributed by atoms with Gasteiger partial charge in [-0.15, -0.1) is 0 Å². The van der Waals surface area contributed by atoms with Gasteiger partial charge in [-0.2, -0.15) is 18.3 Å². The van der Waals surface area contributed by atoms with Gasteiger partial charge in [-0.05, 0) is 25.0 Å². The van der Waals surface area contributed by atoms with E-state index in [2.05, 4.69) is 10.00 Å². The molecule has 3 heterocycles. The summed E-state index contributed by atoms with van der Waals surface area (Å²) in [6, 6.07) is 3.73. The number of alkyl halides is 3. The van der Waals surface area contributed by atoms with Crippen molar-refractivity contribution in [2.75, 3.05) is 26.2 Å². The fourth-order valence-electron chi connectivity index (χ4n) is 3.51. The van der Waals surface area contributed by atoms with Crippen molar-refractivity contribution >= 4 is 17.5 Å². The number of nitrogens with zero attached hydrogens (tertiary/aromatic N) is 4. The maximum Gasteiger partial charge on any atom is 0.436 e. The fourth-order valence-corrected chi connectivity index (χ4v) is 3.90. The van der Waals surface area contributed by atoms with E-state index in [4.69, 9.17) is 16.0 Å². The normalized spacial score (nSPS) is 18.6. The van der Waals surface area contributed by atoms with Crippen LogP contribution in [0.15, 0.2) is 22.8 Å². The average molecular weight is 417 g/mol. The lowest BCUT2D eigenvalue weighted by Crippen LogP contribution is -2.49. The Hall–Kier alpha value is -2.00. The highest BCUT2D eigenvalue weighted by Gasteiger charge is 2.42. The number of furan rings is 1. The van der Waals surface area contributed by atoms with E-state index in [0.717, 1.165) is 23.3 Å². The van der Waals surface area contributed by atoms with Gasteiger partial charge in [0.2, 0.25) is 5.91 Å². The first-order chi connectivity index (χ1) is 13.3. The smallest absolute Gasteiger partial charge is 0.436 e. The van der Waals surface area contributed by atoms with E-state index in [1.54, 1.807) is 11.2 Å². The van der Waals surface area contributed by atoms with Gasteiger partial charge in [0.05, 0.1) is 23.5 Å². The quantitative estimate of drug-likeness (QED) is 0.750. The summed E-state index contributed by atoms with van der Waals surface area (Å²) in [5.41, 5.74) is -0.772. The summed E-state index contributed by atoms with van der Waals surface area (Å²) < 4.78 is 45.9. The van der Waals surface area contributed by atoms with E-state index in [9.17, 15) is 18.0 Å². The summed E-state index contributed by atoms with van der Waals surface area (Å²) in [4.78, 5) is 16.5. The van der Waals surface area contributed by atoms with Crippen molar-refractivity contribution in [1.29, 1.82) is 0 Å². The zero-order valence-electron chi connectivity index (χ0n) is 15.1. The van der Waals surface area contributed by atoms with E-state index >= 15 is 0 Å². The Labute approximate surface area is 164 Å². The molecule has 0 spiro atoms. The Morgan fingerprint density at radius 1 is 1.25 bits per heavy atom. The van der Waals surface area contributed by atoms with E-state index in [1.807, 2.05) is 12.1 Å². The van der Waals surface area contributed by atoms with Gasteiger partial charge in [-0.25, -0.2) is 0 Å². The Balaban J connectivity index is 1.40. The highest BCUT2D eigenvalue weighted by Crippen LogP contribution is 2.46. The van der Waals surface area contributed by atoms with Crippen LogP contribution < -0.4 is 0 Å². The molecule has 1 saturated heterocycles. The van der Waals surface area contributed by atoms with Gasteiger partial charge in [0.1, 0.15) is 12.3 Å². The van der Waals surface area contributed by atoms with Crippen LogP contribution in [0.25, 0.3) is 0 Å². The van der Waals surface area contributed by atoms with Crippen LogP contribution in [0.5, 0.6) is 0 Å². The number of carbonyl (C=O) groups excluding carboxylic acids is 1. The van der Waals surface area contributed by atoms with Gasteiger partial charge in [0, 0.05) is 32.1 Å². The first-order valence-electron chi connectivity index (χ1n) is 9.19. The molecular weight excluding hydrogens is 397 g/mol. The first kappa shape index (κ1) is 19.3. The number of hydrogen-bond donors (Lipinski definition) is 0. The molecule has 2 aromatic heterocycles. The molecule has 0 atom stereocenters. The molecule has 1 aliphatic carbocycles. The second-order valence-corrected chi connectivity index (χ2v) is 7.59. The molecule has 1 amide bonds. The highest BCUT2D eigenvalue weighted by atomic mass is 35.5. The van der Waals surface area contributed by atoms with Crippen molar-refractivity contribution in [3.63, 3.8) is 0 Å². The van der Waals surface area contributed by atoms with Crippen molar-refractivity contribution in [3.8, 4) is 0 Å². The molecule has 6 nitrogen and oxygen atoms in total. The molecule has 28 heavy (non-hydrogen) atoms. The number of piperazine rings is 1. The number of amides is 1. The van der Waals surface area contributed by atoms with Crippen LogP contribution in [0.4, 0.5) is 13.2 Å². The molecule has 0 N–H and O–H groups in total. The standard InChI is InChI=1S/C18H20ClF3N4O2/c19-15-16(12-3-4-12)26(23-17(15)18(20,21)22)11-14(27)25-7-5-24(6-8-25)10-13-2-1-9-28-13/h1-2,9,12H,3-8,10-11H2. The summed E-state index contributed by atoms with van der Waals surface area (Å²) in [5, 5.41) is 3.26. The van der Waals surface area contributed by atoms with Crippen LogP contribution in [0, 0.1) is 0 Å². The zero-order valence-corrected chi connectivity index (χ0v) is 15.8. The minimum Gasteiger partial charge on any atom is -0.468 e. The van der Waals surface area contributed by atoms with E-state index < -0.39 is 11.9 Å². The average Bonchev–Trinajstić information content (AvgIpc) is 3.23. The van der Waals surface area contributed by atoms with E-state index in [0.29, 0.717) is 38.4 Å². The Kier molecular flexibility index (Phi) is 5.13. The second-order valence-electron chi connectivity index (χ2n) is 7.21. The Morgan fingerprint density at radius 3 is 2.54 bits per heavy atom. The SMILES string of the molecule is O=C(Cn1nc(C(F)(F)F)c(Cl)c1C1CC1)N1CCN(Cc2ccco2)CC1. The molecule has 2 fully saturated rings. The van der Waals surface area contributed by atoms with Gasteiger partial charge < -0.3 is 9.32 Å². The fraction of sp³-hybridized carbons (Fsp3) is 0.556. The van der Waals surface area contributed by atoms with Crippen LogP contribution >= 0.6 is 11.6 Å². The third-order valence-electron chi connectivity index (χ3n) is 5.13. The predicted molar refractivity (Wildman–Crippen MR) is 94.8 cm³/mol. The monoisotopic (exact) mass is 416 g/mol. The minimum atomic E-state index is -4.63. The van der Waals surface area contributed by atoms with Crippen molar-refractivity contribution < 1.29 is 22.4 Å². The molecule has 10 heteroatoms. The first-order valence-corrected chi connectivity index (χ1v) is 9.56. The van der Waals surface area contributed by atoms with Gasteiger partial charge in [0.25, 0.3) is 0 Å². The van der Waals surface area contributed by atoms with Crippen LogP contribution in [-0.4, -0.2) is 51.7 Å². The zero-order chi connectivity index (χ0) is 19.9. The Morgan fingerprint density at radius 2 is 1.96 bits per heavy atom. The lowest BCUT2D eigenvalue weighted by atomic mass is 10.2. The second kappa shape index (κ2) is 7.44. The summed E-state index contributed by atoms with van der Waals surface area (Å²) in [6.45, 7) is 2.83. The molecule has 2 aromatic rings. The summed E-state index contributed by atoms with van der Waals surface area (Å²) in [7, 11) is 0. The predicted octanol–water partition coefficient (Wildman–Crippen LogP) is 3.37. The van der Waals surface area contributed by atoms with Crippen LogP contribution in [0.1, 0.15) is 35.9 Å². The van der Waals surface area contributed by atoms with Gasteiger partial charge in [0.15, 0.2) is 5.69 Å². The topological polar surface area (TPSA) is 54.5 Å².